The van der Waals surface area contributed by atoms with Crippen molar-refractivity contribution in [2.24, 2.45) is 0 Å². The normalized spacial score (nSPS) is 11.3. The van der Waals surface area contributed by atoms with E-state index in [0.29, 0.717) is 0 Å². The maximum absolute atomic E-state index is 3.27. The van der Waals surface area contributed by atoms with E-state index in [1.807, 2.05) is 0 Å². The average molecular weight is 641 g/mol. The zero-order valence-corrected chi connectivity index (χ0v) is 26.0. The number of halogens is 2. The van der Waals surface area contributed by atoms with E-state index >= 15 is 0 Å². The molecule has 0 amide bonds. The van der Waals surface area contributed by atoms with Crippen LogP contribution in [0.25, 0.3) is 27.1 Å². The standard InChI is InChI=1S/C13H9.C13H10.C9H7S.2ClH.Zr/c1-3-7-12-10(5-1)9-11-6-2-4-8-13(11)12;1-3-7-12(8-4-1)11-13-9-5-2-6-10-13;1-2-4-8(3-1)9-5-6-10-7-9;;;/h1-9H;1-10H;1,3,5-7H,2H2;2*1H;/q-1;;-1;;;+2/p-2. The first-order valence-electron chi connectivity index (χ1n) is 12.3. The van der Waals surface area contributed by atoms with E-state index in [1.165, 1.54) is 71.2 Å². The molecule has 0 bridgehead atoms. The zero-order chi connectivity index (χ0) is 25.3. The number of allylic oxidation sites excluding steroid dienone is 4. The molecular formula is C35H26Cl2SZr-2. The Balaban J connectivity index is 0.000000160. The molecule has 1 heterocycles. The Bertz CT molecular complexity index is 1560. The molecule has 39 heavy (non-hydrogen) atoms. The van der Waals surface area contributed by atoms with Gasteiger partial charge in [-0.3, -0.25) is 0 Å². The first kappa shape index (κ1) is 30.8. The van der Waals surface area contributed by atoms with Gasteiger partial charge in [-0.1, -0.05) is 54.3 Å². The van der Waals surface area contributed by atoms with Crippen molar-refractivity contribution in [1.82, 2.24) is 0 Å². The van der Waals surface area contributed by atoms with Crippen LogP contribution in [-0.2, 0) is 24.2 Å². The summed E-state index contributed by atoms with van der Waals surface area (Å²) in [6, 6.07) is 42.5. The quantitative estimate of drug-likeness (QED) is 0.261. The maximum Gasteiger partial charge on any atom is -0.0771 e. The SMILES string of the molecule is [C-]1=C(c2ccsc2)C=CC1.[Cl-].[Cl-].[Zr+2]=[C](c1ccccc1)c1ccccc1.c1ccc2c(c1)[cH-]c1ccccc12. The first-order valence-corrected chi connectivity index (χ1v) is 14.5. The van der Waals surface area contributed by atoms with Gasteiger partial charge in [-0.05, 0) is 5.38 Å². The van der Waals surface area contributed by atoms with Crippen LogP contribution >= 0.6 is 11.3 Å². The molecule has 4 heteroatoms. The van der Waals surface area contributed by atoms with Crippen LogP contribution in [0.4, 0.5) is 0 Å². The molecule has 0 N–H and O–H groups in total. The van der Waals surface area contributed by atoms with E-state index in [9.17, 15) is 0 Å². The minimum absolute atomic E-state index is 0. The van der Waals surface area contributed by atoms with E-state index in [2.05, 4.69) is 150 Å². The molecule has 6 aromatic rings. The second-order valence-electron chi connectivity index (χ2n) is 8.63. The summed E-state index contributed by atoms with van der Waals surface area (Å²) in [7, 11) is 0. The second kappa shape index (κ2) is 15.8. The van der Waals surface area contributed by atoms with Gasteiger partial charge in [-0.2, -0.15) is 29.1 Å². The molecule has 1 aliphatic carbocycles. The van der Waals surface area contributed by atoms with Gasteiger partial charge >= 0.3 is 99.2 Å². The fourth-order valence-corrected chi connectivity index (χ4v) is 5.78. The summed E-state index contributed by atoms with van der Waals surface area (Å²) in [5.41, 5.74) is 5.22. The van der Waals surface area contributed by atoms with Gasteiger partial charge in [0.15, 0.2) is 0 Å². The van der Waals surface area contributed by atoms with Crippen molar-refractivity contribution in [1.29, 1.82) is 0 Å². The molecule has 0 aliphatic heterocycles. The monoisotopic (exact) mass is 638 g/mol. The third-order valence-corrected chi connectivity index (χ3v) is 8.28. The number of thiophene rings is 1. The van der Waals surface area contributed by atoms with Crippen LogP contribution in [0.3, 0.4) is 0 Å². The molecule has 0 saturated carbocycles. The zero-order valence-electron chi connectivity index (χ0n) is 21.2. The van der Waals surface area contributed by atoms with Gasteiger partial charge in [0.05, 0.1) is 0 Å². The predicted molar refractivity (Wildman–Crippen MR) is 158 cm³/mol. The van der Waals surface area contributed by atoms with Crippen molar-refractivity contribution >= 4 is 41.7 Å². The molecule has 0 radical (unpaired) electrons. The van der Waals surface area contributed by atoms with Gasteiger partial charge in [0, 0.05) is 0 Å². The number of hydrogen-bond donors (Lipinski definition) is 0. The van der Waals surface area contributed by atoms with Crippen LogP contribution in [0.2, 0.25) is 0 Å². The van der Waals surface area contributed by atoms with Crippen molar-refractivity contribution in [3.63, 3.8) is 0 Å². The van der Waals surface area contributed by atoms with E-state index < -0.39 is 0 Å². The maximum atomic E-state index is 3.27. The molecule has 1 aromatic heterocycles. The van der Waals surface area contributed by atoms with E-state index in [0.717, 1.165) is 6.42 Å². The minimum Gasteiger partial charge on any atom is -0.126 e. The van der Waals surface area contributed by atoms with E-state index in [1.54, 1.807) is 11.3 Å². The van der Waals surface area contributed by atoms with Crippen LogP contribution in [0.1, 0.15) is 23.1 Å². The summed E-state index contributed by atoms with van der Waals surface area (Å²) >= 11 is 3.19. The summed E-state index contributed by atoms with van der Waals surface area (Å²) < 4.78 is 1.42. The molecule has 7 rings (SSSR count). The van der Waals surface area contributed by atoms with Crippen molar-refractivity contribution in [3.05, 3.63) is 167 Å². The van der Waals surface area contributed by atoms with E-state index in [4.69, 9.17) is 0 Å². The van der Waals surface area contributed by atoms with Crippen molar-refractivity contribution < 1.29 is 49.0 Å². The van der Waals surface area contributed by atoms with E-state index in [-0.39, 0.29) is 24.8 Å². The summed E-state index contributed by atoms with van der Waals surface area (Å²) in [5, 5.41) is 9.64. The number of hydrogen-bond acceptors (Lipinski definition) is 1. The Morgan fingerprint density at radius 1 is 0.667 bits per heavy atom. The molecular weight excluding hydrogens is 615 g/mol. The number of fused-ring (bicyclic) bond motifs is 3. The molecule has 192 valence electrons. The van der Waals surface area contributed by atoms with Gasteiger partial charge in [-0.15, -0.1) is 51.4 Å². The molecule has 0 atom stereocenters. The topological polar surface area (TPSA) is 0 Å². The minimum atomic E-state index is 0. The summed E-state index contributed by atoms with van der Waals surface area (Å²) in [6.45, 7) is 0. The van der Waals surface area contributed by atoms with Crippen LogP contribution in [0.5, 0.6) is 0 Å². The first-order chi connectivity index (χ1) is 18.3. The van der Waals surface area contributed by atoms with Gasteiger partial charge in [-0.25, -0.2) is 0 Å². The van der Waals surface area contributed by atoms with Crippen molar-refractivity contribution in [2.45, 2.75) is 6.42 Å². The van der Waals surface area contributed by atoms with Crippen LogP contribution in [0.15, 0.2) is 144 Å². The Morgan fingerprint density at radius 2 is 1.18 bits per heavy atom. The molecule has 0 unspecified atom stereocenters. The molecule has 0 nitrogen and oxygen atoms in total. The Hall–Kier alpha value is -2.74. The van der Waals surface area contributed by atoms with Crippen LogP contribution in [-0.4, -0.2) is 3.21 Å². The Labute approximate surface area is 262 Å². The van der Waals surface area contributed by atoms with Crippen molar-refractivity contribution in [2.75, 3.05) is 0 Å². The van der Waals surface area contributed by atoms with Gasteiger partial charge in [0.25, 0.3) is 0 Å². The number of benzene rings is 4. The number of rotatable bonds is 3. The molecule has 1 aliphatic rings. The third-order valence-electron chi connectivity index (χ3n) is 6.17. The Kier molecular flexibility index (Phi) is 12.4. The second-order valence-corrected chi connectivity index (χ2v) is 10.6. The molecule has 5 aromatic carbocycles. The fourth-order valence-electron chi connectivity index (χ4n) is 4.30. The fraction of sp³-hybridized carbons (Fsp3) is 0.0286. The predicted octanol–water partition coefficient (Wildman–Crippen LogP) is 3.42. The molecule has 0 saturated heterocycles. The third kappa shape index (κ3) is 8.13. The Morgan fingerprint density at radius 3 is 1.64 bits per heavy atom. The average Bonchev–Trinajstić information content (AvgIpc) is 3.75. The largest absolute Gasteiger partial charge is 0.126 e. The smallest absolute Gasteiger partial charge is 0.0771 e. The summed E-state index contributed by atoms with van der Waals surface area (Å²) in [5.74, 6) is 0. The summed E-state index contributed by atoms with van der Waals surface area (Å²) in [4.78, 5) is 0. The molecule has 0 spiro atoms. The van der Waals surface area contributed by atoms with Gasteiger partial charge in [0.2, 0.25) is 0 Å². The van der Waals surface area contributed by atoms with Crippen molar-refractivity contribution in [3.8, 4) is 0 Å². The van der Waals surface area contributed by atoms with Crippen LogP contribution < -0.4 is 24.8 Å². The van der Waals surface area contributed by atoms with Crippen LogP contribution in [0, 0.1) is 6.08 Å². The van der Waals surface area contributed by atoms with Gasteiger partial charge < -0.3 is 24.8 Å². The summed E-state index contributed by atoms with van der Waals surface area (Å²) in [6.07, 6.45) is 8.51. The van der Waals surface area contributed by atoms with Gasteiger partial charge in [0.1, 0.15) is 0 Å². The molecule has 0 fully saturated rings.